The lowest BCUT2D eigenvalue weighted by molar-refractivity contribution is -1.03. The van der Waals surface area contributed by atoms with Crippen molar-refractivity contribution >= 4 is 11.8 Å². The Balaban J connectivity index is 2.65. The van der Waals surface area contributed by atoms with Crippen LogP contribution in [0.5, 0.6) is 0 Å². The third-order valence-corrected chi connectivity index (χ3v) is 2.42. The number of hydroxylamine groups is 3. The molecule has 5 nitrogen and oxygen atoms in total. The molecule has 0 spiro atoms. The van der Waals surface area contributed by atoms with Crippen molar-refractivity contribution < 1.29 is 19.8 Å². The van der Waals surface area contributed by atoms with Crippen LogP contribution in [0.1, 0.15) is 20.3 Å². The minimum absolute atomic E-state index is 0.00208. The van der Waals surface area contributed by atoms with E-state index >= 15 is 0 Å². The first-order valence-corrected chi connectivity index (χ1v) is 4.34. The summed E-state index contributed by atoms with van der Waals surface area (Å²) in [5.41, 5.74) is 0. The molecule has 0 bridgehead atoms. The summed E-state index contributed by atoms with van der Waals surface area (Å²) in [6.45, 7) is 4.49. The van der Waals surface area contributed by atoms with Crippen LogP contribution in [-0.4, -0.2) is 45.9 Å². The van der Waals surface area contributed by atoms with E-state index in [0.717, 1.165) is 0 Å². The second kappa shape index (κ2) is 3.43. The molecule has 0 saturated heterocycles. The molecule has 74 valence electrons. The van der Waals surface area contributed by atoms with E-state index in [9.17, 15) is 10.0 Å². The molecule has 1 aliphatic rings. The summed E-state index contributed by atoms with van der Waals surface area (Å²) in [5.74, 6) is -0.264. The summed E-state index contributed by atoms with van der Waals surface area (Å²) >= 11 is 0. The molecule has 0 aromatic heterocycles. The van der Waals surface area contributed by atoms with Crippen molar-refractivity contribution in [1.29, 1.82) is 0 Å². The topological polar surface area (TPSA) is 69.9 Å². The van der Waals surface area contributed by atoms with Crippen LogP contribution < -0.4 is 0 Å². The lowest BCUT2D eigenvalue weighted by Gasteiger charge is -2.22. The van der Waals surface area contributed by atoms with Gasteiger partial charge in [-0.1, -0.05) is 0 Å². The summed E-state index contributed by atoms with van der Waals surface area (Å²) in [6.07, 6.45) is -0.00208. The van der Waals surface area contributed by atoms with Gasteiger partial charge in [0, 0.05) is 6.92 Å². The van der Waals surface area contributed by atoms with E-state index < -0.39 is 5.97 Å². The average Bonchev–Trinajstić information content (AvgIpc) is 2.27. The fourth-order valence-corrected chi connectivity index (χ4v) is 1.56. The fraction of sp³-hybridized carbons (Fsp3) is 0.750. The third-order valence-electron chi connectivity index (χ3n) is 2.42. The van der Waals surface area contributed by atoms with Crippen molar-refractivity contribution in [3.8, 4) is 0 Å². The molecule has 1 aliphatic heterocycles. The Bertz CT molecular complexity index is 252. The van der Waals surface area contributed by atoms with Gasteiger partial charge in [-0.3, -0.25) is 4.79 Å². The van der Waals surface area contributed by atoms with E-state index in [0.29, 0.717) is 18.9 Å². The molecule has 0 saturated carbocycles. The molecule has 0 fully saturated rings. The van der Waals surface area contributed by atoms with Gasteiger partial charge >= 0.3 is 5.97 Å². The van der Waals surface area contributed by atoms with Crippen molar-refractivity contribution in [1.82, 2.24) is 0 Å². The van der Waals surface area contributed by atoms with Crippen LogP contribution in [0, 0.1) is 0 Å². The number of carbonyl (C=O) groups is 1. The van der Waals surface area contributed by atoms with E-state index in [1.54, 1.807) is 6.92 Å². The normalized spacial score (nSPS) is 33.2. The maximum Gasteiger partial charge on any atom is 0.305 e. The van der Waals surface area contributed by atoms with E-state index in [1.807, 2.05) is 6.92 Å². The van der Waals surface area contributed by atoms with Crippen LogP contribution in [0.25, 0.3) is 0 Å². The number of rotatable bonds is 3. The Morgan fingerprint density at radius 3 is 2.77 bits per heavy atom. The van der Waals surface area contributed by atoms with Gasteiger partial charge in [0.15, 0.2) is 0 Å². The molecule has 0 aromatic rings. The van der Waals surface area contributed by atoms with Gasteiger partial charge in [0.1, 0.15) is 19.1 Å². The standard InChI is InChI=1S/C8H14N2O3/c1-3-10(13)5-7(4-8(11)12)9-6(10)2/h7,13H,3-5H2,1-2H3/p+1. The van der Waals surface area contributed by atoms with Gasteiger partial charge in [0.2, 0.25) is 5.84 Å². The third kappa shape index (κ3) is 2.05. The lowest BCUT2D eigenvalue weighted by Crippen LogP contribution is -2.47. The monoisotopic (exact) mass is 187 g/mol. The molecule has 0 aromatic carbocycles. The van der Waals surface area contributed by atoms with E-state index in [2.05, 4.69) is 4.99 Å². The molecule has 1 rings (SSSR count). The molecule has 5 heteroatoms. The first kappa shape index (κ1) is 10.1. The zero-order valence-electron chi connectivity index (χ0n) is 7.90. The highest BCUT2D eigenvalue weighted by Gasteiger charge is 2.39. The number of carboxylic acids is 1. The van der Waals surface area contributed by atoms with Crippen LogP contribution in [0.2, 0.25) is 0 Å². The highest BCUT2D eigenvalue weighted by Crippen LogP contribution is 2.18. The van der Waals surface area contributed by atoms with Gasteiger partial charge in [-0.05, 0) is 6.92 Å². The molecule has 0 amide bonds. The Hall–Kier alpha value is -0.940. The van der Waals surface area contributed by atoms with Crippen molar-refractivity contribution in [3.63, 3.8) is 0 Å². The summed E-state index contributed by atoms with van der Waals surface area (Å²) in [7, 11) is 0. The summed E-state index contributed by atoms with van der Waals surface area (Å²) in [6, 6.07) is -0.276. The maximum atomic E-state index is 10.4. The molecule has 1 heterocycles. The molecule has 2 atom stereocenters. The summed E-state index contributed by atoms with van der Waals surface area (Å²) in [5, 5.41) is 18.4. The van der Waals surface area contributed by atoms with Crippen LogP contribution in [0.3, 0.4) is 0 Å². The van der Waals surface area contributed by atoms with Crippen molar-refractivity contribution in [2.75, 3.05) is 13.1 Å². The number of nitrogens with zero attached hydrogens (tertiary/aromatic N) is 2. The Morgan fingerprint density at radius 2 is 2.38 bits per heavy atom. The molecular formula is C8H15N2O3+. The number of amidine groups is 1. The SMILES string of the molecule is CC[N+]1(O)CC(CC(=O)O)N=C1C. The fourth-order valence-electron chi connectivity index (χ4n) is 1.56. The van der Waals surface area contributed by atoms with E-state index in [1.165, 1.54) is 0 Å². The van der Waals surface area contributed by atoms with E-state index in [-0.39, 0.29) is 17.1 Å². The largest absolute Gasteiger partial charge is 0.481 e. The Labute approximate surface area is 76.9 Å². The first-order valence-electron chi connectivity index (χ1n) is 4.34. The van der Waals surface area contributed by atoms with Gasteiger partial charge in [-0.25, -0.2) is 10.2 Å². The average molecular weight is 187 g/mol. The second-order valence-corrected chi connectivity index (χ2v) is 3.35. The summed E-state index contributed by atoms with van der Waals surface area (Å²) in [4.78, 5) is 14.5. The van der Waals surface area contributed by atoms with Crippen LogP contribution in [0.4, 0.5) is 0 Å². The van der Waals surface area contributed by atoms with Gasteiger partial charge in [-0.15, -0.1) is 4.65 Å². The number of aliphatic imine (C=N–C) groups is 1. The highest BCUT2D eigenvalue weighted by atomic mass is 16.5. The minimum atomic E-state index is -0.869. The van der Waals surface area contributed by atoms with Gasteiger partial charge in [0.05, 0.1) is 6.42 Å². The second-order valence-electron chi connectivity index (χ2n) is 3.35. The van der Waals surface area contributed by atoms with Crippen LogP contribution in [-0.2, 0) is 4.79 Å². The zero-order valence-corrected chi connectivity index (χ0v) is 7.90. The van der Waals surface area contributed by atoms with Crippen LogP contribution in [0.15, 0.2) is 4.99 Å². The quantitative estimate of drug-likeness (QED) is 0.631. The number of likely N-dealkylation sites (N-methyl/N-ethyl adjacent to an activating group) is 1. The number of carboxylic acid groups (broad SMARTS) is 1. The molecule has 2 unspecified atom stereocenters. The number of aliphatic carboxylic acids is 1. The number of hydrogen-bond donors (Lipinski definition) is 2. The van der Waals surface area contributed by atoms with Gasteiger partial charge in [-0.2, -0.15) is 0 Å². The number of hydrogen-bond acceptors (Lipinski definition) is 3. The van der Waals surface area contributed by atoms with Crippen molar-refractivity contribution in [2.45, 2.75) is 26.3 Å². The smallest absolute Gasteiger partial charge is 0.305 e. The Kier molecular flexibility index (Phi) is 2.68. The molecule has 13 heavy (non-hydrogen) atoms. The van der Waals surface area contributed by atoms with Crippen molar-refractivity contribution in [3.05, 3.63) is 0 Å². The Morgan fingerprint density at radius 1 is 1.77 bits per heavy atom. The molecular weight excluding hydrogens is 172 g/mol. The van der Waals surface area contributed by atoms with Crippen molar-refractivity contribution in [2.24, 2.45) is 4.99 Å². The molecule has 2 N–H and O–H groups in total. The first-order chi connectivity index (χ1) is 5.98. The summed E-state index contributed by atoms with van der Waals surface area (Å²) < 4.78 is -0.210. The van der Waals surface area contributed by atoms with E-state index in [4.69, 9.17) is 5.11 Å². The predicted octanol–water partition coefficient (Wildman–Crippen LogP) is 0.488. The lowest BCUT2D eigenvalue weighted by atomic mass is 10.2. The van der Waals surface area contributed by atoms with Crippen LogP contribution >= 0.6 is 0 Å². The highest BCUT2D eigenvalue weighted by molar-refractivity contribution is 5.75. The van der Waals surface area contributed by atoms with Gasteiger partial charge in [0.25, 0.3) is 0 Å². The van der Waals surface area contributed by atoms with Gasteiger partial charge < -0.3 is 5.11 Å². The molecule has 0 radical (unpaired) electrons. The molecule has 0 aliphatic carbocycles. The maximum absolute atomic E-state index is 10.4. The minimum Gasteiger partial charge on any atom is -0.481 e. The number of quaternary nitrogens is 1. The zero-order chi connectivity index (χ0) is 10.1. The predicted molar refractivity (Wildman–Crippen MR) is 46.6 cm³/mol.